The molecule has 0 aliphatic carbocycles. The minimum absolute atomic E-state index is 0.0319. The molecule has 5 nitrogen and oxygen atoms in total. The molecule has 3 rings (SSSR count). The quantitative estimate of drug-likeness (QED) is 0.398. The third-order valence-corrected chi connectivity index (χ3v) is 6.95. The third-order valence-electron chi connectivity index (χ3n) is 5.42. The molecule has 1 unspecified atom stereocenters. The summed E-state index contributed by atoms with van der Waals surface area (Å²) in [7, 11) is -2.59. The lowest BCUT2D eigenvalue weighted by Gasteiger charge is -2.22. The Morgan fingerprint density at radius 1 is 0.969 bits per heavy atom. The summed E-state index contributed by atoms with van der Waals surface area (Å²) < 4.78 is 39.8. The molecule has 3 aromatic rings. The molecule has 0 saturated carbocycles. The predicted octanol–water partition coefficient (Wildman–Crippen LogP) is 6.43. The topological polar surface area (TPSA) is 66.9 Å². The van der Waals surface area contributed by atoms with Crippen LogP contribution in [0.15, 0.2) is 30.3 Å². The second-order valence-electron chi connectivity index (χ2n) is 8.88. The number of benzene rings is 2. The zero-order chi connectivity index (χ0) is 23.8. The van der Waals surface area contributed by atoms with E-state index in [-0.39, 0.29) is 17.6 Å². The molecule has 1 atom stereocenters. The molecule has 1 heterocycles. The number of hydrogen-bond donors (Lipinski definition) is 2. The van der Waals surface area contributed by atoms with Crippen LogP contribution in [0, 0.1) is 13.8 Å². The first kappa shape index (κ1) is 24.1. The maximum atomic E-state index is 13.4. The Bertz CT molecular complexity index is 1190. The van der Waals surface area contributed by atoms with Gasteiger partial charge in [0.15, 0.2) is 0 Å². The Kier molecular flexibility index (Phi) is 6.89. The molecule has 0 radical (unpaired) electrons. The summed E-state index contributed by atoms with van der Waals surface area (Å²) in [5, 5.41) is 8.24. The van der Waals surface area contributed by atoms with E-state index in [9.17, 15) is 13.3 Å². The number of anilines is 2. The van der Waals surface area contributed by atoms with Crippen molar-refractivity contribution in [2.45, 2.75) is 53.1 Å². The van der Waals surface area contributed by atoms with Crippen molar-refractivity contribution in [3.8, 4) is 0 Å². The highest BCUT2D eigenvalue weighted by atomic mass is 31.2. The fourth-order valence-corrected chi connectivity index (χ4v) is 5.07. The van der Waals surface area contributed by atoms with Gasteiger partial charge < -0.3 is 15.2 Å². The lowest BCUT2D eigenvalue weighted by atomic mass is 9.97. The number of alkyl halides is 2. The average molecular weight is 461 g/mol. The number of hydrogen-bond acceptors (Lipinski definition) is 5. The van der Waals surface area contributed by atoms with Crippen molar-refractivity contribution in [2.24, 2.45) is 0 Å². The Hall–Kier alpha value is -2.53. The largest absolute Gasteiger partial charge is 0.382 e. The molecule has 32 heavy (non-hydrogen) atoms. The third kappa shape index (κ3) is 5.09. The number of halogens is 2. The Labute approximate surface area is 188 Å². The lowest BCUT2D eigenvalue weighted by Crippen LogP contribution is -2.19. The van der Waals surface area contributed by atoms with Crippen molar-refractivity contribution in [1.29, 1.82) is 0 Å². The van der Waals surface area contributed by atoms with E-state index in [2.05, 4.69) is 20.6 Å². The van der Waals surface area contributed by atoms with E-state index in [0.717, 1.165) is 27.5 Å². The van der Waals surface area contributed by atoms with Gasteiger partial charge in [0.25, 0.3) is 6.43 Å². The minimum Gasteiger partial charge on any atom is -0.382 e. The van der Waals surface area contributed by atoms with Gasteiger partial charge >= 0.3 is 0 Å². The smallest absolute Gasteiger partial charge is 0.264 e. The molecular formula is C24H31F2N4OP. The van der Waals surface area contributed by atoms with Gasteiger partial charge in [-0.2, -0.15) is 0 Å². The maximum Gasteiger partial charge on any atom is 0.264 e. The summed E-state index contributed by atoms with van der Waals surface area (Å²) in [6.45, 7) is 13.0. The van der Waals surface area contributed by atoms with Crippen LogP contribution in [0.4, 0.5) is 20.3 Å². The molecule has 8 heteroatoms. The van der Waals surface area contributed by atoms with E-state index in [1.54, 1.807) is 26.3 Å². The number of aryl methyl sites for hydroxylation is 1. The van der Waals surface area contributed by atoms with Crippen molar-refractivity contribution in [3.05, 3.63) is 52.8 Å². The predicted molar refractivity (Wildman–Crippen MR) is 130 cm³/mol. The van der Waals surface area contributed by atoms with Crippen LogP contribution in [0.5, 0.6) is 0 Å². The van der Waals surface area contributed by atoms with Crippen LogP contribution in [0.1, 0.15) is 55.8 Å². The van der Waals surface area contributed by atoms with Crippen LogP contribution >= 0.6 is 7.14 Å². The van der Waals surface area contributed by atoms with Crippen LogP contribution in [0.2, 0.25) is 0 Å². The number of nitrogens with zero attached hydrogens (tertiary/aromatic N) is 2. The molecule has 0 fully saturated rings. The average Bonchev–Trinajstić information content (AvgIpc) is 2.65. The number of aromatic nitrogens is 2. The molecule has 0 amide bonds. The normalized spacial score (nSPS) is 13.1. The summed E-state index contributed by atoms with van der Waals surface area (Å²) in [5.41, 5.74) is 2.91. The second-order valence-corrected chi connectivity index (χ2v) is 12.1. The van der Waals surface area contributed by atoms with E-state index >= 15 is 0 Å². The van der Waals surface area contributed by atoms with Crippen molar-refractivity contribution in [1.82, 2.24) is 9.97 Å². The summed E-state index contributed by atoms with van der Waals surface area (Å²) in [6, 6.07) is 8.65. The van der Waals surface area contributed by atoms with Gasteiger partial charge in [0, 0.05) is 28.0 Å². The molecule has 0 saturated heterocycles. The van der Waals surface area contributed by atoms with Gasteiger partial charge in [-0.15, -0.1) is 0 Å². The highest BCUT2D eigenvalue weighted by Gasteiger charge is 2.22. The molecule has 0 spiro atoms. The lowest BCUT2D eigenvalue weighted by molar-refractivity contribution is 0.150. The van der Waals surface area contributed by atoms with Crippen molar-refractivity contribution < 1.29 is 13.3 Å². The van der Waals surface area contributed by atoms with E-state index in [1.807, 2.05) is 45.9 Å². The Morgan fingerprint density at radius 2 is 1.62 bits per heavy atom. The summed E-state index contributed by atoms with van der Waals surface area (Å²) >= 11 is 0. The molecule has 0 aliphatic rings. The van der Waals surface area contributed by atoms with Gasteiger partial charge in [-0.3, -0.25) is 0 Å². The first-order valence-electron chi connectivity index (χ1n) is 10.7. The molecule has 172 valence electrons. The highest BCUT2D eigenvalue weighted by Crippen LogP contribution is 2.40. The molecule has 0 bridgehead atoms. The van der Waals surface area contributed by atoms with E-state index < -0.39 is 13.6 Å². The monoisotopic (exact) mass is 460 g/mol. The zero-order valence-corrected chi connectivity index (χ0v) is 20.5. The summed E-state index contributed by atoms with van der Waals surface area (Å²) in [4.78, 5) is 9.17. The van der Waals surface area contributed by atoms with Crippen LogP contribution in [-0.4, -0.2) is 29.3 Å². The van der Waals surface area contributed by atoms with E-state index in [1.165, 1.54) is 6.07 Å². The highest BCUT2D eigenvalue weighted by molar-refractivity contribution is 7.70. The molecule has 0 aliphatic heterocycles. The summed E-state index contributed by atoms with van der Waals surface area (Å²) in [6.07, 6.45) is -2.53. The molecule has 2 aromatic carbocycles. The molecule has 2 N–H and O–H groups in total. The van der Waals surface area contributed by atoms with Gasteiger partial charge in [0.2, 0.25) is 0 Å². The van der Waals surface area contributed by atoms with Gasteiger partial charge in [-0.25, -0.2) is 18.7 Å². The van der Waals surface area contributed by atoms with Gasteiger partial charge in [0.05, 0.1) is 11.6 Å². The van der Waals surface area contributed by atoms with Crippen LogP contribution in [-0.2, 0) is 4.57 Å². The Morgan fingerprint density at radius 3 is 2.22 bits per heavy atom. The zero-order valence-electron chi connectivity index (χ0n) is 19.6. The SMILES string of the molecule is Cc1nc(NC(C)c2cccc(C(F)F)c2C)c2cc(P(C)(C)=O)c(NC(C)C)cc2n1. The van der Waals surface area contributed by atoms with Gasteiger partial charge in [-0.05, 0) is 71.2 Å². The number of nitrogens with one attached hydrogen (secondary N) is 2. The molecular weight excluding hydrogens is 429 g/mol. The van der Waals surface area contributed by atoms with E-state index in [0.29, 0.717) is 17.2 Å². The fraction of sp³-hybridized carbons (Fsp3) is 0.417. The van der Waals surface area contributed by atoms with Gasteiger partial charge in [-0.1, -0.05) is 18.2 Å². The second kappa shape index (κ2) is 9.14. The summed E-state index contributed by atoms with van der Waals surface area (Å²) in [5.74, 6) is 1.18. The maximum absolute atomic E-state index is 13.4. The standard InChI is InChI=1S/C24H31F2N4OP/c1-13(2)27-21-12-20-19(11-22(21)32(6,7)31)24(30-16(5)29-20)28-15(4)17-9-8-10-18(14(17)3)23(25)26/h8-13,15,23,27H,1-7H3,(H,28,29,30). The van der Waals surface area contributed by atoms with Crippen molar-refractivity contribution in [3.63, 3.8) is 0 Å². The van der Waals surface area contributed by atoms with Crippen molar-refractivity contribution in [2.75, 3.05) is 24.0 Å². The van der Waals surface area contributed by atoms with E-state index in [4.69, 9.17) is 0 Å². The Balaban J connectivity index is 2.13. The van der Waals surface area contributed by atoms with Crippen LogP contribution < -0.4 is 15.9 Å². The first-order valence-corrected chi connectivity index (χ1v) is 13.3. The number of fused-ring (bicyclic) bond motifs is 1. The fourth-order valence-electron chi connectivity index (χ4n) is 3.92. The first-order chi connectivity index (χ1) is 14.9. The number of rotatable bonds is 7. The molecule has 1 aromatic heterocycles. The van der Waals surface area contributed by atoms with Gasteiger partial charge in [0.1, 0.15) is 18.8 Å². The minimum atomic E-state index is -2.59. The van der Waals surface area contributed by atoms with Crippen LogP contribution in [0.25, 0.3) is 10.9 Å². The van der Waals surface area contributed by atoms with Crippen molar-refractivity contribution >= 4 is 34.9 Å². The van der Waals surface area contributed by atoms with Crippen LogP contribution in [0.3, 0.4) is 0 Å².